The Kier molecular flexibility index (Phi) is 7.29. The third-order valence-corrected chi connectivity index (χ3v) is 5.72. The molecule has 3 aromatic rings. The van der Waals surface area contributed by atoms with E-state index >= 15 is 0 Å². The molecule has 0 spiro atoms. The first-order chi connectivity index (χ1) is 16.1. The zero-order valence-electron chi connectivity index (χ0n) is 18.2. The van der Waals surface area contributed by atoms with Gasteiger partial charge in [-0.3, -0.25) is 9.59 Å². The van der Waals surface area contributed by atoms with E-state index in [1.54, 1.807) is 29.2 Å². The van der Waals surface area contributed by atoms with E-state index in [9.17, 15) is 14.0 Å². The molecule has 4 rings (SSSR count). The Balaban J connectivity index is 1.37. The number of nitrogens with one attached hydrogen (secondary N) is 1. The normalized spacial score (nSPS) is 15.0. The van der Waals surface area contributed by atoms with Gasteiger partial charge in [0, 0.05) is 37.7 Å². The average Bonchev–Trinajstić information content (AvgIpc) is 2.86. The first kappa shape index (κ1) is 22.5. The molecule has 0 aliphatic carbocycles. The number of benzene rings is 2. The number of aromatic nitrogens is 1. The second-order valence-electron chi connectivity index (χ2n) is 8.00. The first-order valence-corrected chi connectivity index (χ1v) is 11.1. The van der Waals surface area contributed by atoms with Crippen LogP contribution in [0.3, 0.4) is 0 Å². The fourth-order valence-corrected chi connectivity index (χ4v) is 3.91. The van der Waals surface area contributed by atoms with Gasteiger partial charge in [0.2, 0.25) is 5.91 Å². The minimum absolute atomic E-state index is 0.00459. The first-order valence-electron chi connectivity index (χ1n) is 11.1. The van der Waals surface area contributed by atoms with Crippen molar-refractivity contribution in [3.63, 3.8) is 0 Å². The Morgan fingerprint density at radius 2 is 1.67 bits per heavy atom. The standard InChI is InChI=1S/C26H26FN3O3/c27-22-12-7-15-28-26(22)33-21-13-16-30(17-14-21)24(31)18-23(19-8-3-1-4-9-19)29-25(32)20-10-5-2-6-11-20/h1-12,15,21,23H,13-14,16-18H2,(H,29,32). The van der Waals surface area contributed by atoms with Crippen LogP contribution in [-0.4, -0.2) is 40.9 Å². The summed E-state index contributed by atoms with van der Waals surface area (Å²) in [5.74, 6) is -0.757. The Labute approximate surface area is 192 Å². The zero-order valence-corrected chi connectivity index (χ0v) is 18.2. The van der Waals surface area contributed by atoms with Gasteiger partial charge in [0.15, 0.2) is 5.82 Å². The molecule has 6 nitrogen and oxygen atoms in total. The summed E-state index contributed by atoms with van der Waals surface area (Å²) < 4.78 is 19.5. The van der Waals surface area contributed by atoms with Crippen LogP contribution in [0.5, 0.6) is 5.88 Å². The van der Waals surface area contributed by atoms with Crippen molar-refractivity contribution in [2.24, 2.45) is 0 Å². The summed E-state index contributed by atoms with van der Waals surface area (Å²) in [6, 6.07) is 20.8. The van der Waals surface area contributed by atoms with Gasteiger partial charge in [0.25, 0.3) is 11.8 Å². The van der Waals surface area contributed by atoms with Gasteiger partial charge in [-0.2, -0.15) is 0 Å². The number of hydrogen-bond donors (Lipinski definition) is 1. The Morgan fingerprint density at radius 1 is 1.00 bits per heavy atom. The lowest BCUT2D eigenvalue weighted by molar-refractivity contribution is -0.133. The van der Waals surface area contributed by atoms with Crippen molar-refractivity contribution in [1.29, 1.82) is 0 Å². The Hall–Kier alpha value is -3.74. The maximum atomic E-state index is 13.8. The van der Waals surface area contributed by atoms with Crippen molar-refractivity contribution in [3.05, 3.63) is 95.9 Å². The second-order valence-corrected chi connectivity index (χ2v) is 8.00. The van der Waals surface area contributed by atoms with E-state index < -0.39 is 11.9 Å². The van der Waals surface area contributed by atoms with Crippen molar-refractivity contribution in [3.8, 4) is 5.88 Å². The molecule has 0 radical (unpaired) electrons. The monoisotopic (exact) mass is 447 g/mol. The highest BCUT2D eigenvalue weighted by Crippen LogP contribution is 2.23. The number of rotatable bonds is 7. The molecule has 33 heavy (non-hydrogen) atoms. The maximum absolute atomic E-state index is 13.8. The van der Waals surface area contributed by atoms with Crippen molar-refractivity contribution < 1.29 is 18.7 Å². The highest BCUT2D eigenvalue weighted by molar-refractivity contribution is 5.94. The number of amides is 2. The summed E-state index contributed by atoms with van der Waals surface area (Å²) in [5.41, 5.74) is 1.42. The van der Waals surface area contributed by atoms with Gasteiger partial charge in [0.05, 0.1) is 12.5 Å². The van der Waals surface area contributed by atoms with Crippen LogP contribution < -0.4 is 10.1 Å². The van der Waals surface area contributed by atoms with Crippen LogP contribution in [0.1, 0.15) is 41.2 Å². The molecule has 1 aromatic heterocycles. The molecule has 2 heterocycles. The molecule has 1 aliphatic heterocycles. The SMILES string of the molecule is O=C(NC(CC(=O)N1CCC(Oc2ncccc2F)CC1)c1ccccc1)c1ccccc1. The van der Waals surface area contributed by atoms with Crippen LogP contribution in [0.2, 0.25) is 0 Å². The second kappa shape index (κ2) is 10.7. The minimum atomic E-state index is -0.490. The molecule has 1 fully saturated rings. The Morgan fingerprint density at radius 3 is 2.33 bits per heavy atom. The van der Waals surface area contributed by atoms with Gasteiger partial charge in [-0.1, -0.05) is 48.5 Å². The molecule has 2 amide bonds. The molecular formula is C26H26FN3O3. The number of ether oxygens (including phenoxy) is 1. The zero-order chi connectivity index (χ0) is 23.0. The van der Waals surface area contributed by atoms with E-state index in [-0.39, 0.29) is 30.2 Å². The summed E-state index contributed by atoms with van der Waals surface area (Å²) in [5, 5.41) is 3.01. The van der Waals surface area contributed by atoms with Crippen LogP contribution in [0, 0.1) is 5.82 Å². The van der Waals surface area contributed by atoms with Crippen molar-refractivity contribution in [2.75, 3.05) is 13.1 Å². The van der Waals surface area contributed by atoms with Gasteiger partial charge in [-0.05, 0) is 29.8 Å². The molecule has 1 atom stereocenters. The van der Waals surface area contributed by atoms with Crippen LogP contribution in [0.4, 0.5) is 4.39 Å². The topological polar surface area (TPSA) is 71.5 Å². The minimum Gasteiger partial charge on any atom is -0.472 e. The summed E-state index contributed by atoms with van der Waals surface area (Å²) in [4.78, 5) is 31.5. The number of halogens is 1. The lowest BCUT2D eigenvalue weighted by atomic mass is 10.0. The number of nitrogens with zero attached hydrogens (tertiary/aromatic N) is 2. The number of piperidine rings is 1. The van der Waals surface area contributed by atoms with E-state index in [0.29, 0.717) is 31.5 Å². The quantitative estimate of drug-likeness (QED) is 0.591. The summed E-state index contributed by atoms with van der Waals surface area (Å²) >= 11 is 0. The molecular weight excluding hydrogens is 421 g/mol. The lowest BCUT2D eigenvalue weighted by Crippen LogP contribution is -2.43. The largest absolute Gasteiger partial charge is 0.472 e. The van der Waals surface area contributed by atoms with Crippen molar-refractivity contribution in [1.82, 2.24) is 15.2 Å². The smallest absolute Gasteiger partial charge is 0.251 e. The lowest BCUT2D eigenvalue weighted by Gasteiger charge is -2.33. The number of carbonyl (C=O) groups is 2. The summed E-state index contributed by atoms with van der Waals surface area (Å²) in [6.07, 6.45) is 2.64. The van der Waals surface area contributed by atoms with Crippen LogP contribution in [-0.2, 0) is 4.79 Å². The maximum Gasteiger partial charge on any atom is 0.251 e. The van der Waals surface area contributed by atoms with E-state index in [1.165, 1.54) is 18.3 Å². The van der Waals surface area contributed by atoms with Crippen LogP contribution in [0.15, 0.2) is 79.0 Å². The molecule has 7 heteroatoms. The number of pyridine rings is 1. The van der Waals surface area contributed by atoms with Gasteiger partial charge in [-0.15, -0.1) is 0 Å². The van der Waals surface area contributed by atoms with Gasteiger partial charge in [0.1, 0.15) is 6.10 Å². The average molecular weight is 448 g/mol. The third-order valence-electron chi connectivity index (χ3n) is 5.72. The fraction of sp³-hybridized carbons (Fsp3) is 0.269. The highest BCUT2D eigenvalue weighted by atomic mass is 19.1. The molecule has 1 aliphatic rings. The van der Waals surface area contributed by atoms with E-state index in [2.05, 4.69) is 10.3 Å². The molecule has 170 valence electrons. The molecule has 1 unspecified atom stereocenters. The van der Waals surface area contributed by atoms with Gasteiger partial charge in [-0.25, -0.2) is 9.37 Å². The van der Waals surface area contributed by atoms with E-state index in [1.807, 2.05) is 36.4 Å². The van der Waals surface area contributed by atoms with Crippen molar-refractivity contribution in [2.45, 2.75) is 31.4 Å². The molecule has 1 saturated heterocycles. The number of likely N-dealkylation sites (tertiary alicyclic amines) is 1. The molecule has 2 aromatic carbocycles. The molecule has 1 N–H and O–H groups in total. The van der Waals surface area contributed by atoms with Crippen LogP contribution >= 0.6 is 0 Å². The summed E-state index contributed by atoms with van der Waals surface area (Å²) in [7, 11) is 0. The van der Waals surface area contributed by atoms with Crippen LogP contribution in [0.25, 0.3) is 0 Å². The van der Waals surface area contributed by atoms with Crippen molar-refractivity contribution >= 4 is 11.8 Å². The predicted octanol–water partition coefficient (Wildman–Crippen LogP) is 4.15. The molecule has 0 saturated carbocycles. The number of carbonyl (C=O) groups excluding carboxylic acids is 2. The van der Waals surface area contributed by atoms with E-state index in [0.717, 1.165) is 5.56 Å². The van der Waals surface area contributed by atoms with E-state index in [4.69, 9.17) is 4.74 Å². The Bertz CT molecular complexity index is 1070. The van der Waals surface area contributed by atoms with Gasteiger partial charge >= 0.3 is 0 Å². The fourth-order valence-electron chi connectivity index (χ4n) is 3.91. The molecule has 0 bridgehead atoms. The van der Waals surface area contributed by atoms with Gasteiger partial charge < -0.3 is 15.0 Å². The third kappa shape index (κ3) is 5.94. The number of hydrogen-bond acceptors (Lipinski definition) is 4. The predicted molar refractivity (Wildman–Crippen MR) is 122 cm³/mol. The highest BCUT2D eigenvalue weighted by Gasteiger charge is 2.27. The summed E-state index contributed by atoms with van der Waals surface area (Å²) in [6.45, 7) is 1.01.